The van der Waals surface area contributed by atoms with Crippen molar-refractivity contribution in [1.82, 2.24) is 19.7 Å². The number of nitrogens with one attached hydrogen (secondary N) is 1. The van der Waals surface area contributed by atoms with Gasteiger partial charge in [0.15, 0.2) is 5.65 Å². The number of fused-ring (bicyclic) bond motifs is 1. The van der Waals surface area contributed by atoms with Crippen LogP contribution in [0.1, 0.15) is 16.7 Å². The van der Waals surface area contributed by atoms with E-state index in [1.54, 1.807) is 12.5 Å². The molecule has 2 aromatic heterocycles. The van der Waals surface area contributed by atoms with Crippen molar-refractivity contribution in [2.45, 2.75) is 20.4 Å². The molecule has 2 heterocycles. The minimum Gasteiger partial charge on any atom is -0.397 e. The number of nitrogens with zero attached hydrogens (tertiary/aromatic N) is 4. The summed E-state index contributed by atoms with van der Waals surface area (Å²) in [4.78, 5) is 8.80. The monoisotopic (exact) mass is 344 g/mol. The van der Waals surface area contributed by atoms with E-state index in [2.05, 4.69) is 39.4 Å². The zero-order valence-electron chi connectivity index (χ0n) is 14.8. The molecule has 6 nitrogen and oxygen atoms in total. The maximum atomic E-state index is 6.16. The number of nitrogens with two attached hydrogens (primary N) is 1. The summed E-state index contributed by atoms with van der Waals surface area (Å²) in [5.41, 5.74) is 12.0. The standard InChI is InChI=1S/C20H20N6/c1-13-8-17(21)18(9-14(13)2)25-19-16-10-24-26(20(16)23-12-22-19)11-15-6-4-3-5-7-15/h3-10,12H,11,21H2,1-2H3,(H,22,23,25). The van der Waals surface area contributed by atoms with Crippen LogP contribution in [-0.4, -0.2) is 19.7 Å². The first-order valence-electron chi connectivity index (χ1n) is 8.46. The van der Waals surface area contributed by atoms with Gasteiger partial charge in [0.25, 0.3) is 0 Å². The van der Waals surface area contributed by atoms with Gasteiger partial charge in [0.2, 0.25) is 0 Å². The molecule has 4 aromatic rings. The van der Waals surface area contributed by atoms with E-state index in [9.17, 15) is 0 Å². The molecule has 0 fully saturated rings. The molecule has 26 heavy (non-hydrogen) atoms. The quantitative estimate of drug-likeness (QED) is 0.550. The number of aryl methyl sites for hydroxylation is 2. The molecule has 130 valence electrons. The molecular formula is C20H20N6. The molecule has 3 N–H and O–H groups in total. The lowest BCUT2D eigenvalue weighted by Gasteiger charge is -2.12. The SMILES string of the molecule is Cc1cc(N)c(Nc2ncnc3c2cnn3Cc2ccccc2)cc1C. The number of rotatable bonds is 4. The Labute approximate surface area is 151 Å². The minimum absolute atomic E-state index is 0.659. The van der Waals surface area contributed by atoms with Gasteiger partial charge in [-0.15, -0.1) is 0 Å². The number of hydrogen-bond donors (Lipinski definition) is 2. The van der Waals surface area contributed by atoms with Gasteiger partial charge in [0.1, 0.15) is 12.1 Å². The van der Waals surface area contributed by atoms with Crippen molar-refractivity contribution < 1.29 is 0 Å². The summed E-state index contributed by atoms with van der Waals surface area (Å²) in [5, 5.41) is 8.68. The molecule has 0 saturated carbocycles. The fourth-order valence-corrected chi connectivity index (χ4v) is 2.94. The highest BCUT2D eigenvalue weighted by Crippen LogP contribution is 2.28. The van der Waals surface area contributed by atoms with Crippen LogP contribution >= 0.6 is 0 Å². The van der Waals surface area contributed by atoms with Gasteiger partial charge in [-0.25, -0.2) is 14.6 Å². The van der Waals surface area contributed by atoms with E-state index in [0.717, 1.165) is 22.3 Å². The average Bonchev–Trinajstić information content (AvgIpc) is 3.04. The molecule has 0 radical (unpaired) electrons. The fraction of sp³-hybridized carbons (Fsp3) is 0.150. The molecule has 4 rings (SSSR count). The highest BCUT2D eigenvalue weighted by Gasteiger charge is 2.12. The zero-order chi connectivity index (χ0) is 18.1. The zero-order valence-corrected chi connectivity index (χ0v) is 14.8. The predicted molar refractivity (Wildman–Crippen MR) is 104 cm³/mol. The number of nitrogen functional groups attached to an aromatic ring is 1. The van der Waals surface area contributed by atoms with Gasteiger partial charge in [-0.1, -0.05) is 30.3 Å². The molecule has 0 aliphatic carbocycles. The van der Waals surface area contributed by atoms with Crippen LogP contribution < -0.4 is 11.1 Å². The molecule has 2 aromatic carbocycles. The van der Waals surface area contributed by atoms with Crippen LogP contribution in [0, 0.1) is 13.8 Å². The highest BCUT2D eigenvalue weighted by atomic mass is 15.3. The lowest BCUT2D eigenvalue weighted by atomic mass is 10.1. The van der Waals surface area contributed by atoms with Crippen LogP contribution in [0.5, 0.6) is 0 Å². The summed E-state index contributed by atoms with van der Waals surface area (Å²) in [6.45, 7) is 4.77. The molecule has 0 amide bonds. The van der Waals surface area contributed by atoms with Gasteiger partial charge in [-0.3, -0.25) is 0 Å². The summed E-state index contributed by atoms with van der Waals surface area (Å²) in [7, 11) is 0. The number of aromatic nitrogens is 4. The molecule has 0 unspecified atom stereocenters. The summed E-state index contributed by atoms with van der Waals surface area (Å²) in [6, 6.07) is 14.2. The smallest absolute Gasteiger partial charge is 0.163 e. The van der Waals surface area contributed by atoms with Gasteiger partial charge in [-0.2, -0.15) is 5.10 Å². The largest absolute Gasteiger partial charge is 0.397 e. The summed E-state index contributed by atoms with van der Waals surface area (Å²) >= 11 is 0. The molecule has 0 aliphatic rings. The van der Waals surface area contributed by atoms with E-state index in [0.29, 0.717) is 18.1 Å². The number of benzene rings is 2. The molecule has 0 atom stereocenters. The average molecular weight is 344 g/mol. The molecule has 0 spiro atoms. The predicted octanol–water partition coefficient (Wildman–Crippen LogP) is 3.82. The fourth-order valence-electron chi connectivity index (χ4n) is 2.94. The van der Waals surface area contributed by atoms with Crippen molar-refractivity contribution in [3.63, 3.8) is 0 Å². The van der Waals surface area contributed by atoms with Crippen LogP contribution in [0.3, 0.4) is 0 Å². The maximum Gasteiger partial charge on any atom is 0.163 e. The Morgan fingerprint density at radius 1 is 1.04 bits per heavy atom. The van der Waals surface area contributed by atoms with E-state index in [1.165, 1.54) is 11.1 Å². The van der Waals surface area contributed by atoms with Crippen LogP contribution in [0.15, 0.2) is 55.0 Å². The van der Waals surface area contributed by atoms with Crippen molar-refractivity contribution in [3.05, 3.63) is 71.7 Å². The molecule has 0 saturated heterocycles. The van der Waals surface area contributed by atoms with Gasteiger partial charge in [-0.05, 0) is 42.7 Å². The van der Waals surface area contributed by atoms with E-state index in [4.69, 9.17) is 5.73 Å². The maximum absolute atomic E-state index is 6.16. The van der Waals surface area contributed by atoms with Gasteiger partial charge in [0.05, 0.1) is 29.5 Å². The first-order valence-corrected chi connectivity index (χ1v) is 8.46. The van der Waals surface area contributed by atoms with Crippen molar-refractivity contribution >= 4 is 28.2 Å². The van der Waals surface area contributed by atoms with Crippen molar-refractivity contribution in [3.8, 4) is 0 Å². The molecular weight excluding hydrogens is 324 g/mol. The number of hydrogen-bond acceptors (Lipinski definition) is 5. The third kappa shape index (κ3) is 2.97. The topological polar surface area (TPSA) is 81.7 Å². The van der Waals surface area contributed by atoms with Crippen LogP contribution in [0.25, 0.3) is 11.0 Å². The van der Waals surface area contributed by atoms with Crippen LogP contribution in [-0.2, 0) is 6.54 Å². The second-order valence-electron chi connectivity index (χ2n) is 6.40. The third-order valence-electron chi connectivity index (χ3n) is 4.53. The molecule has 6 heteroatoms. The minimum atomic E-state index is 0.659. The van der Waals surface area contributed by atoms with Crippen LogP contribution in [0.2, 0.25) is 0 Å². The highest BCUT2D eigenvalue weighted by molar-refractivity contribution is 5.89. The normalized spacial score (nSPS) is 11.0. The Morgan fingerprint density at radius 3 is 2.62 bits per heavy atom. The summed E-state index contributed by atoms with van der Waals surface area (Å²) in [5.74, 6) is 0.698. The lowest BCUT2D eigenvalue weighted by molar-refractivity contribution is 0.704. The summed E-state index contributed by atoms with van der Waals surface area (Å²) < 4.78 is 1.88. The van der Waals surface area contributed by atoms with E-state index < -0.39 is 0 Å². The lowest BCUT2D eigenvalue weighted by Crippen LogP contribution is -2.04. The van der Waals surface area contributed by atoms with Crippen molar-refractivity contribution in [1.29, 1.82) is 0 Å². The van der Waals surface area contributed by atoms with Gasteiger partial charge in [0, 0.05) is 0 Å². The first kappa shape index (κ1) is 16.1. The molecule has 0 aliphatic heterocycles. The Balaban J connectivity index is 1.70. The van der Waals surface area contributed by atoms with Gasteiger partial charge >= 0.3 is 0 Å². The van der Waals surface area contributed by atoms with E-state index >= 15 is 0 Å². The molecule has 0 bridgehead atoms. The summed E-state index contributed by atoms with van der Waals surface area (Å²) in [6.07, 6.45) is 3.34. The van der Waals surface area contributed by atoms with Crippen molar-refractivity contribution in [2.24, 2.45) is 0 Å². The Hall–Kier alpha value is -3.41. The first-order chi connectivity index (χ1) is 12.6. The van der Waals surface area contributed by atoms with Gasteiger partial charge < -0.3 is 11.1 Å². The Kier molecular flexibility index (Phi) is 4.01. The second-order valence-corrected chi connectivity index (χ2v) is 6.40. The third-order valence-corrected chi connectivity index (χ3v) is 4.53. The second kappa shape index (κ2) is 6.48. The number of anilines is 3. The van der Waals surface area contributed by atoms with Crippen molar-refractivity contribution in [2.75, 3.05) is 11.1 Å². The van der Waals surface area contributed by atoms with E-state index in [1.807, 2.05) is 41.9 Å². The Morgan fingerprint density at radius 2 is 1.81 bits per heavy atom. The van der Waals surface area contributed by atoms with E-state index in [-0.39, 0.29) is 0 Å². The van der Waals surface area contributed by atoms with Crippen LogP contribution in [0.4, 0.5) is 17.2 Å². The Bertz CT molecular complexity index is 1070.